The average molecular weight is 273 g/mol. The first kappa shape index (κ1) is 13.2. The summed E-state index contributed by atoms with van der Waals surface area (Å²) in [6.07, 6.45) is 1.73. The number of aromatic amines is 1. The monoisotopic (exact) mass is 273 g/mol. The van der Waals surface area contributed by atoms with Gasteiger partial charge in [-0.15, -0.1) is 0 Å². The summed E-state index contributed by atoms with van der Waals surface area (Å²) in [5.41, 5.74) is 3.09. The summed E-state index contributed by atoms with van der Waals surface area (Å²) in [4.78, 5) is 11.3. The van der Waals surface area contributed by atoms with E-state index < -0.39 is 0 Å². The van der Waals surface area contributed by atoms with E-state index in [2.05, 4.69) is 25.1 Å². The highest BCUT2D eigenvalue weighted by Gasteiger charge is 2.24. The molecule has 0 saturated carbocycles. The van der Waals surface area contributed by atoms with Gasteiger partial charge in [0.05, 0.1) is 6.61 Å². The maximum Gasteiger partial charge on any atom is 0.158 e. The summed E-state index contributed by atoms with van der Waals surface area (Å²) in [6, 6.07) is 3.98. The molecule has 106 valence electrons. The zero-order valence-corrected chi connectivity index (χ0v) is 11.8. The van der Waals surface area contributed by atoms with Crippen LogP contribution >= 0.6 is 0 Å². The van der Waals surface area contributed by atoms with Crippen molar-refractivity contribution in [1.29, 1.82) is 0 Å². The number of H-pyrrole nitrogens is 1. The van der Waals surface area contributed by atoms with Crippen LogP contribution in [0.4, 0.5) is 0 Å². The van der Waals surface area contributed by atoms with Gasteiger partial charge in [-0.05, 0) is 26.0 Å². The molecule has 1 fully saturated rings. The molecule has 2 aromatic rings. The van der Waals surface area contributed by atoms with Gasteiger partial charge < -0.3 is 4.74 Å². The first-order valence-electron chi connectivity index (χ1n) is 6.85. The van der Waals surface area contributed by atoms with Crippen LogP contribution in [0.1, 0.15) is 29.0 Å². The predicted molar refractivity (Wildman–Crippen MR) is 74.1 cm³/mol. The van der Waals surface area contributed by atoms with Gasteiger partial charge >= 0.3 is 0 Å². The minimum atomic E-state index is -0.0507. The van der Waals surface area contributed by atoms with Crippen LogP contribution in [0, 0.1) is 13.8 Å². The van der Waals surface area contributed by atoms with Crippen molar-refractivity contribution in [1.82, 2.24) is 25.1 Å². The van der Waals surface area contributed by atoms with Gasteiger partial charge in [0.25, 0.3) is 0 Å². The molecular weight excluding hydrogens is 254 g/mol. The van der Waals surface area contributed by atoms with E-state index in [0.29, 0.717) is 6.61 Å². The number of nitrogens with zero attached hydrogens (tertiary/aromatic N) is 4. The molecule has 0 aliphatic carbocycles. The van der Waals surface area contributed by atoms with Crippen LogP contribution in [-0.2, 0) is 11.3 Å². The summed E-state index contributed by atoms with van der Waals surface area (Å²) < 4.78 is 5.83. The Morgan fingerprint density at radius 2 is 2.15 bits per heavy atom. The van der Waals surface area contributed by atoms with Gasteiger partial charge in [-0.3, -0.25) is 10.00 Å². The molecular formula is C14H19N5O. The molecule has 20 heavy (non-hydrogen) atoms. The van der Waals surface area contributed by atoms with E-state index in [1.165, 1.54) is 0 Å². The Hall–Kier alpha value is -1.79. The Morgan fingerprint density at radius 1 is 1.35 bits per heavy atom. The van der Waals surface area contributed by atoms with Crippen molar-refractivity contribution in [3.8, 4) is 0 Å². The molecule has 1 aliphatic heterocycles. The second-order valence-electron chi connectivity index (χ2n) is 5.19. The summed E-state index contributed by atoms with van der Waals surface area (Å²) in [5, 5.41) is 6.97. The highest BCUT2D eigenvalue weighted by Crippen LogP contribution is 2.20. The third kappa shape index (κ3) is 3.02. The Kier molecular flexibility index (Phi) is 3.75. The zero-order chi connectivity index (χ0) is 13.9. The second-order valence-corrected chi connectivity index (χ2v) is 5.19. The first-order valence-corrected chi connectivity index (χ1v) is 6.85. The van der Waals surface area contributed by atoms with Crippen LogP contribution < -0.4 is 0 Å². The molecule has 0 radical (unpaired) electrons. The Labute approximate surface area is 118 Å². The summed E-state index contributed by atoms with van der Waals surface area (Å²) in [5.74, 6) is 0.789. The Morgan fingerprint density at radius 3 is 2.85 bits per heavy atom. The van der Waals surface area contributed by atoms with Crippen LogP contribution in [0.5, 0.6) is 0 Å². The van der Waals surface area contributed by atoms with E-state index in [1.54, 1.807) is 6.20 Å². The Bertz CT molecular complexity index is 549. The lowest BCUT2D eigenvalue weighted by atomic mass is 10.2. The molecule has 2 aromatic heterocycles. The molecule has 0 unspecified atom stereocenters. The van der Waals surface area contributed by atoms with Crippen LogP contribution in [0.25, 0.3) is 0 Å². The lowest BCUT2D eigenvalue weighted by Crippen LogP contribution is -2.38. The van der Waals surface area contributed by atoms with Gasteiger partial charge in [0, 0.05) is 42.9 Å². The van der Waals surface area contributed by atoms with Crippen LogP contribution in [0.2, 0.25) is 0 Å². The van der Waals surface area contributed by atoms with Gasteiger partial charge in [-0.25, -0.2) is 9.97 Å². The molecule has 6 nitrogen and oxygen atoms in total. The van der Waals surface area contributed by atoms with Crippen molar-refractivity contribution < 1.29 is 4.74 Å². The summed E-state index contributed by atoms with van der Waals surface area (Å²) in [6.45, 7) is 7.26. The molecule has 0 spiro atoms. The number of hydrogen-bond donors (Lipinski definition) is 1. The molecule has 1 atom stereocenters. The van der Waals surface area contributed by atoms with Crippen LogP contribution in [0.3, 0.4) is 0 Å². The number of morpholine rings is 1. The van der Waals surface area contributed by atoms with Crippen molar-refractivity contribution >= 4 is 0 Å². The molecule has 3 rings (SSSR count). The van der Waals surface area contributed by atoms with E-state index in [1.807, 2.05) is 26.0 Å². The third-order valence-corrected chi connectivity index (χ3v) is 3.39. The van der Waals surface area contributed by atoms with Gasteiger partial charge in [0.2, 0.25) is 0 Å². The largest absolute Gasteiger partial charge is 0.368 e. The fourth-order valence-electron chi connectivity index (χ4n) is 2.51. The van der Waals surface area contributed by atoms with E-state index in [0.717, 1.165) is 42.5 Å². The minimum absolute atomic E-state index is 0.0507. The molecule has 0 amide bonds. The number of hydrogen-bond acceptors (Lipinski definition) is 5. The number of rotatable bonds is 3. The topological polar surface area (TPSA) is 66.9 Å². The van der Waals surface area contributed by atoms with Crippen LogP contribution in [-0.4, -0.2) is 44.8 Å². The highest BCUT2D eigenvalue weighted by atomic mass is 16.5. The lowest BCUT2D eigenvalue weighted by Gasteiger charge is -2.31. The quantitative estimate of drug-likeness (QED) is 0.915. The van der Waals surface area contributed by atoms with Gasteiger partial charge in [0.1, 0.15) is 6.10 Å². The number of aromatic nitrogens is 4. The number of nitrogens with one attached hydrogen (secondary N) is 1. The molecule has 0 bridgehead atoms. The lowest BCUT2D eigenvalue weighted by molar-refractivity contribution is -0.0377. The molecule has 1 aliphatic rings. The fraction of sp³-hybridized carbons (Fsp3) is 0.500. The first-order chi connectivity index (χ1) is 9.70. The van der Waals surface area contributed by atoms with Crippen molar-refractivity contribution in [2.45, 2.75) is 26.5 Å². The van der Waals surface area contributed by atoms with Crippen molar-refractivity contribution in [2.24, 2.45) is 0 Å². The second kappa shape index (κ2) is 5.68. The average Bonchev–Trinajstić information content (AvgIpc) is 2.91. The van der Waals surface area contributed by atoms with Crippen molar-refractivity contribution in [3.63, 3.8) is 0 Å². The molecule has 3 heterocycles. The highest BCUT2D eigenvalue weighted by molar-refractivity contribution is 5.10. The maximum absolute atomic E-state index is 5.83. The summed E-state index contributed by atoms with van der Waals surface area (Å²) >= 11 is 0. The standard InChI is InChI=1S/C14H19N5O/c1-10-7-11(2)17-14(16-10)13-9-19(5-6-20-13)8-12-3-4-15-18-12/h3-4,7,13H,5-6,8-9H2,1-2H3,(H,15,18)/t13-/m1/s1. The normalized spacial score (nSPS) is 20.2. The smallest absolute Gasteiger partial charge is 0.158 e. The number of aryl methyl sites for hydroxylation is 2. The van der Waals surface area contributed by atoms with E-state index in [-0.39, 0.29) is 6.10 Å². The van der Waals surface area contributed by atoms with Crippen LogP contribution in [0.15, 0.2) is 18.3 Å². The van der Waals surface area contributed by atoms with Crippen molar-refractivity contribution in [3.05, 3.63) is 41.2 Å². The third-order valence-electron chi connectivity index (χ3n) is 3.39. The molecule has 1 N–H and O–H groups in total. The maximum atomic E-state index is 5.83. The minimum Gasteiger partial charge on any atom is -0.368 e. The van der Waals surface area contributed by atoms with Gasteiger partial charge in [0.15, 0.2) is 5.82 Å². The van der Waals surface area contributed by atoms with E-state index in [9.17, 15) is 0 Å². The fourth-order valence-corrected chi connectivity index (χ4v) is 2.51. The van der Waals surface area contributed by atoms with Gasteiger partial charge in [-0.1, -0.05) is 0 Å². The van der Waals surface area contributed by atoms with E-state index >= 15 is 0 Å². The summed E-state index contributed by atoms with van der Waals surface area (Å²) in [7, 11) is 0. The number of ether oxygens (including phenoxy) is 1. The SMILES string of the molecule is Cc1cc(C)nc([C@H]2CN(Cc3ccn[nH]3)CCO2)n1. The predicted octanol–water partition coefficient (Wildman–Crippen LogP) is 1.39. The van der Waals surface area contributed by atoms with Gasteiger partial charge in [-0.2, -0.15) is 5.10 Å². The van der Waals surface area contributed by atoms with Crippen molar-refractivity contribution in [2.75, 3.05) is 19.7 Å². The van der Waals surface area contributed by atoms with E-state index in [4.69, 9.17) is 4.74 Å². The molecule has 6 heteroatoms. The Balaban J connectivity index is 1.71. The zero-order valence-electron chi connectivity index (χ0n) is 11.8. The molecule has 0 aromatic carbocycles. The molecule has 1 saturated heterocycles.